The van der Waals surface area contributed by atoms with Crippen LogP contribution < -0.4 is 20.7 Å². The Morgan fingerprint density at radius 1 is 0.167 bits per heavy atom. The molecule has 0 atom stereocenters. The molecular formula is C46H68Si2. The van der Waals surface area contributed by atoms with Crippen molar-refractivity contribution < 1.29 is 0 Å². The molecule has 0 aliphatic heterocycles. The maximum absolute atomic E-state index is 2.53. The van der Waals surface area contributed by atoms with Crippen molar-refractivity contribution in [3.8, 4) is 0 Å². The Hall–Kier alpha value is -2.69. The molecule has 2 heteroatoms. The first-order valence-corrected chi connectivity index (χ1v) is 22.9. The van der Waals surface area contributed by atoms with Crippen molar-refractivity contribution >= 4 is 38.3 Å². The van der Waals surface area contributed by atoms with E-state index in [0.29, 0.717) is 0 Å². The topological polar surface area (TPSA) is 0 Å². The van der Waals surface area contributed by atoms with Crippen LogP contribution in [0.15, 0.2) is 0 Å². The van der Waals surface area contributed by atoms with Gasteiger partial charge in [-0.3, -0.25) is 0 Å². The molecule has 0 aromatic heterocycles. The van der Waals surface area contributed by atoms with Gasteiger partial charge in [-0.05, 0) is 250 Å². The lowest BCUT2D eigenvalue weighted by Gasteiger charge is -2.27. The van der Waals surface area contributed by atoms with Crippen LogP contribution >= 0.6 is 0 Å². The zero-order chi connectivity index (χ0) is 37.0. The Balaban J connectivity index is 0.000000260. The minimum Gasteiger partial charge on any atom is -0.0641 e. The summed E-state index contributed by atoms with van der Waals surface area (Å²) in [5.74, 6) is 0. The minimum absolute atomic E-state index is 1.23. The van der Waals surface area contributed by atoms with E-state index in [9.17, 15) is 0 Å². The summed E-state index contributed by atoms with van der Waals surface area (Å²) < 4.78 is 0. The largest absolute Gasteiger partial charge is 0.101 e. The Morgan fingerprint density at radius 3 is 0.354 bits per heavy atom. The summed E-state index contributed by atoms with van der Waals surface area (Å²) in [7, 11) is -2.46. The third-order valence-electron chi connectivity index (χ3n) is 14.0. The van der Waals surface area contributed by atoms with Gasteiger partial charge in [-0.15, -0.1) is 0 Å². The van der Waals surface area contributed by atoms with Crippen molar-refractivity contribution in [3.05, 3.63) is 111 Å². The maximum atomic E-state index is 2.53. The first-order valence-electron chi connectivity index (χ1n) is 18.3. The lowest BCUT2D eigenvalue weighted by atomic mass is 9.95. The Labute approximate surface area is 300 Å². The lowest BCUT2D eigenvalue weighted by Crippen LogP contribution is -2.46. The molecule has 0 aliphatic carbocycles. The third-order valence-corrected chi connectivity index (χ3v) is 20.9. The highest BCUT2D eigenvalue weighted by Gasteiger charge is 2.26. The van der Waals surface area contributed by atoms with Gasteiger partial charge in [0.25, 0.3) is 0 Å². The summed E-state index contributed by atoms with van der Waals surface area (Å²) in [6.45, 7) is 51.3. The van der Waals surface area contributed by atoms with Crippen molar-refractivity contribution in [3.63, 3.8) is 0 Å². The van der Waals surface area contributed by atoms with Crippen molar-refractivity contribution in [2.75, 3.05) is 0 Å². The van der Waals surface area contributed by atoms with Gasteiger partial charge in [0.2, 0.25) is 0 Å². The maximum Gasteiger partial charge on any atom is 0.101 e. The molecule has 0 aliphatic rings. The van der Waals surface area contributed by atoms with E-state index < -0.39 is 17.6 Å². The predicted octanol–water partition coefficient (Wildman–Crippen LogP) is 9.48. The third kappa shape index (κ3) is 6.49. The van der Waals surface area contributed by atoms with Crippen molar-refractivity contribution in [2.24, 2.45) is 0 Å². The predicted molar refractivity (Wildman–Crippen MR) is 225 cm³/mol. The summed E-state index contributed by atoms with van der Waals surface area (Å²) >= 11 is 0. The van der Waals surface area contributed by atoms with Gasteiger partial charge in [-0.25, -0.2) is 0 Å². The zero-order valence-electron chi connectivity index (χ0n) is 35.2. The van der Waals surface area contributed by atoms with Gasteiger partial charge in [-0.1, -0.05) is 33.8 Å². The normalized spacial score (nSPS) is 11.5. The summed E-state index contributed by atoms with van der Waals surface area (Å²) in [6, 6.07) is 0. The van der Waals surface area contributed by atoms with E-state index in [0.717, 1.165) is 0 Å². The molecular weight excluding hydrogens is 609 g/mol. The Kier molecular flexibility index (Phi) is 12.1. The number of hydrogen-bond acceptors (Lipinski definition) is 0. The number of hydrogen-bond donors (Lipinski definition) is 0. The van der Waals surface area contributed by atoms with E-state index >= 15 is 0 Å². The molecule has 260 valence electrons. The van der Waals surface area contributed by atoms with E-state index in [4.69, 9.17) is 0 Å². The molecule has 48 heavy (non-hydrogen) atoms. The van der Waals surface area contributed by atoms with Crippen LogP contribution in [0.5, 0.6) is 0 Å². The van der Waals surface area contributed by atoms with Crippen LogP contribution in [0, 0.1) is 138 Å². The summed E-state index contributed by atoms with van der Waals surface area (Å²) in [5.41, 5.74) is 30.1. The van der Waals surface area contributed by atoms with Gasteiger partial charge >= 0.3 is 0 Å². The molecule has 0 bridgehead atoms. The fraction of sp³-hybridized carbons (Fsp3) is 0.478. The van der Waals surface area contributed by atoms with Gasteiger partial charge in [0.15, 0.2) is 0 Å². The van der Waals surface area contributed by atoms with Crippen LogP contribution in [-0.2, 0) is 0 Å². The second-order valence-electron chi connectivity index (χ2n) is 15.6. The highest BCUT2D eigenvalue weighted by atomic mass is 28.3. The molecule has 4 aromatic carbocycles. The average Bonchev–Trinajstić information content (AvgIpc) is 3.05. The van der Waals surface area contributed by atoms with Crippen LogP contribution in [-0.4, -0.2) is 17.6 Å². The molecule has 0 nitrogen and oxygen atoms in total. The average molecular weight is 677 g/mol. The van der Waals surface area contributed by atoms with Crippen molar-refractivity contribution in [2.45, 2.75) is 152 Å². The lowest BCUT2D eigenvalue weighted by molar-refractivity contribution is 1.18. The number of rotatable bonds is 4. The standard InChI is InChI=1S/2C23H34Si/c2*1-12-14(3)18(7)22(19(8)15(12)4)24(11)23-20(9)16(5)13(2)17(6)21(23)10/h2*24H,1-11H3. The van der Waals surface area contributed by atoms with Crippen LogP contribution in [0.2, 0.25) is 13.1 Å². The van der Waals surface area contributed by atoms with Crippen LogP contribution in [0.3, 0.4) is 0 Å². The summed E-state index contributed by atoms with van der Waals surface area (Å²) in [4.78, 5) is 0. The second-order valence-corrected chi connectivity index (χ2v) is 20.8. The molecule has 0 spiro atoms. The molecule has 0 N–H and O–H groups in total. The summed E-state index contributed by atoms with van der Waals surface area (Å²) in [5, 5.41) is 6.68. The molecule has 0 amide bonds. The molecule has 0 fully saturated rings. The van der Waals surface area contributed by atoms with Gasteiger partial charge < -0.3 is 0 Å². The van der Waals surface area contributed by atoms with Crippen LogP contribution in [0.25, 0.3) is 0 Å². The SMILES string of the molecule is Cc1c(C)c(C)c([SiH](C)c2c(C)c(C)c(C)c(C)c2C)c(C)c1C.Cc1c(C)c(C)c([SiH](C)c2c(C)c(C)c(C)c(C)c2C)c(C)c1C. The Morgan fingerprint density at radius 2 is 0.250 bits per heavy atom. The smallest absolute Gasteiger partial charge is 0.0641 e. The van der Waals surface area contributed by atoms with Crippen molar-refractivity contribution in [1.82, 2.24) is 0 Å². The fourth-order valence-corrected chi connectivity index (χ4v) is 16.5. The van der Waals surface area contributed by atoms with E-state index in [1.165, 1.54) is 111 Å². The second kappa shape index (κ2) is 14.7. The molecule has 4 rings (SSSR count). The first kappa shape index (κ1) is 39.7. The van der Waals surface area contributed by atoms with Crippen LogP contribution in [0.4, 0.5) is 0 Å². The zero-order valence-corrected chi connectivity index (χ0v) is 37.5. The molecule has 0 radical (unpaired) electrons. The molecule has 4 aromatic rings. The van der Waals surface area contributed by atoms with Gasteiger partial charge in [0.1, 0.15) is 17.6 Å². The molecule has 0 saturated heterocycles. The van der Waals surface area contributed by atoms with E-state index in [2.05, 4.69) is 152 Å². The molecule has 0 unspecified atom stereocenters. The minimum atomic E-state index is -1.23. The molecule has 0 saturated carbocycles. The van der Waals surface area contributed by atoms with Gasteiger partial charge in [-0.2, -0.15) is 0 Å². The number of benzene rings is 4. The van der Waals surface area contributed by atoms with Gasteiger partial charge in [0, 0.05) is 0 Å². The highest BCUT2D eigenvalue weighted by molar-refractivity contribution is 6.86. The van der Waals surface area contributed by atoms with E-state index in [1.54, 1.807) is 20.7 Å². The first-order chi connectivity index (χ1) is 22.0. The quantitative estimate of drug-likeness (QED) is 0.189. The van der Waals surface area contributed by atoms with Gasteiger partial charge in [0.05, 0.1) is 0 Å². The fourth-order valence-electron chi connectivity index (χ4n) is 9.00. The summed E-state index contributed by atoms with van der Waals surface area (Å²) in [6.07, 6.45) is 0. The van der Waals surface area contributed by atoms with E-state index in [1.807, 2.05) is 0 Å². The van der Waals surface area contributed by atoms with E-state index in [-0.39, 0.29) is 0 Å². The highest BCUT2D eigenvalue weighted by Crippen LogP contribution is 2.25. The molecule has 0 heterocycles. The van der Waals surface area contributed by atoms with Crippen LogP contribution in [0.1, 0.15) is 111 Å². The monoisotopic (exact) mass is 676 g/mol. The Bertz CT molecular complexity index is 1540. The van der Waals surface area contributed by atoms with Crippen molar-refractivity contribution in [1.29, 1.82) is 0 Å².